The second-order valence-electron chi connectivity index (χ2n) is 6.90. The molecule has 2 aliphatic heterocycles. The first-order valence-electron chi connectivity index (χ1n) is 9.03. The van der Waals surface area contributed by atoms with Gasteiger partial charge in [0.15, 0.2) is 0 Å². The number of nitrogens with zero attached hydrogens (tertiary/aromatic N) is 4. The summed E-state index contributed by atoms with van der Waals surface area (Å²) < 4.78 is 0. The van der Waals surface area contributed by atoms with Crippen molar-refractivity contribution < 1.29 is 14.4 Å². The quantitative estimate of drug-likeness (QED) is 0.808. The summed E-state index contributed by atoms with van der Waals surface area (Å²) in [5.41, 5.74) is 1.93. The molecule has 1 atom stereocenters. The van der Waals surface area contributed by atoms with E-state index in [0.717, 1.165) is 46.1 Å². The van der Waals surface area contributed by atoms with Crippen LogP contribution in [-0.2, 0) is 9.59 Å². The summed E-state index contributed by atoms with van der Waals surface area (Å²) in [5.74, 6) is -0.0408. The monoisotopic (exact) mass is 384 g/mol. The average Bonchev–Trinajstić information content (AvgIpc) is 3.04. The summed E-state index contributed by atoms with van der Waals surface area (Å²) in [6.45, 7) is 2.82. The van der Waals surface area contributed by atoms with Gasteiger partial charge in [-0.2, -0.15) is 0 Å². The van der Waals surface area contributed by atoms with Crippen molar-refractivity contribution in [3.8, 4) is 0 Å². The molecule has 4 rings (SSSR count). The summed E-state index contributed by atoms with van der Waals surface area (Å²) in [4.78, 5) is 48.2. The van der Waals surface area contributed by atoms with Gasteiger partial charge in [-0.3, -0.25) is 29.3 Å². The highest BCUT2D eigenvalue weighted by atomic mass is 32.2. The van der Waals surface area contributed by atoms with Gasteiger partial charge in [0.25, 0.3) is 5.24 Å². The third kappa shape index (κ3) is 3.41. The Morgan fingerprint density at radius 3 is 2.74 bits per heavy atom. The minimum absolute atomic E-state index is 0.125. The van der Waals surface area contributed by atoms with Crippen molar-refractivity contribution in [2.75, 3.05) is 18.8 Å². The molecule has 2 aromatic rings. The molecule has 2 saturated heterocycles. The van der Waals surface area contributed by atoms with E-state index in [9.17, 15) is 14.4 Å². The predicted molar refractivity (Wildman–Crippen MR) is 102 cm³/mol. The lowest BCUT2D eigenvalue weighted by atomic mass is 9.92. The summed E-state index contributed by atoms with van der Waals surface area (Å²) in [5, 5.41) is 0.684. The van der Waals surface area contributed by atoms with Crippen LogP contribution >= 0.6 is 11.8 Å². The van der Waals surface area contributed by atoms with Crippen molar-refractivity contribution in [3.63, 3.8) is 0 Å². The van der Waals surface area contributed by atoms with Gasteiger partial charge in [-0.15, -0.1) is 0 Å². The average molecular weight is 384 g/mol. The molecule has 140 valence electrons. The van der Waals surface area contributed by atoms with Crippen molar-refractivity contribution in [1.29, 1.82) is 0 Å². The van der Waals surface area contributed by atoms with Gasteiger partial charge in [-0.05, 0) is 38.0 Å². The van der Waals surface area contributed by atoms with E-state index in [1.165, 1.54) is 0 Å². The molecule has 2 aliphatic rings. The van der Waals surface area contributed by atoms with E-state index in [1.807, 2.05) is 24.4 Å². The molecular formula is C19H20N4O3S. The standard InChI is InChI=1S/C19H20N4O3S/c1-12(23-17(24)11-27-19(23)26)18(25)22-7-4-13(5-8-22)15-9-16-14(10-21-15)3-2-6-20-16/h2-3,6,9-10,12-13H,4-5,7-8,11H2,1H3. The number of imide groups is 1. The lowest BCUT2D eigenvalue weighted by molar-refractivity contribution is -0.141. The molecule has 0 bridgehead atoms. The Bertz CT molecular complexity index is 895. The normalized spacial score (nSPS) is 19.7. The number of carbonyl (C=O) groups is 3. The molecule has 7 nitrogen and oxygen atoms in total. The van der Waals surface area contributed by atoms with Crippen LogP contribution in [0.1, 0.15) is 31.4 Å². The maximum Gasteiger partial charge on any atom is 0.289 e. The molecule has 0 spiro atoms. The number of carbonyl (C=O) groups excluding carboxylic acids is 3. The topological polar surface area (TPSA) is 83.5 Å². The third-order valence-electron chi connectivity index (χ3n) is 5.26. The number of hydrogen-bond acceptors (Lipinski definition) is 6. The number of likely N-dealkylation sites (tertiary alicyclic amines) is 1. The first kappa shape index (κ1) is 17.9. The fraction of sp³-hybridized carbons (Fsp3) is 0.421. The van der Waals surface area contributed by atoms with Crippen molar-refractivity contribution in [2.24, 2.45) is 0 Å². The first-order chi connectivity index (χ1) is 13.0. The number of piperidine rings is 1. The zero-order valence-corrected chi connectivity index (χ0v) is 15.8. The van der Waals surface area contributed by atoms with Crippen molar-refractivity contribution in [2.45, 2.75) is 31.7 Å². The summed E-state index contributed by atoms with van der Waals surface area (Å²) in [7, 11) is 0. The Labute approximate surface area is 161 Å². The largest absolute Gasteiger partial charge is 0.341 e. The second-order valence-corrected chi connectivity index (χ2v) is 7.83. The van der Waals surface area contributed by atoms with E-state index < -0.39 is 6.04 Å². The second kappa shape index (κ2) is 7.26. The van der Waals surface area contributed by atoms with Gasteiger partial charge in [0.05, 0.1) is 11.3 Å². The number of thioether (sulfide) groups is 1. The maximum absolute atomic E-state index is 12.7. The minimum atomic E-state index is -0.737. The van der Waals surface area contributed by atoms with Crippen LogP contribution in [0.15, 0.2) is 30.6 Å². The summed E-state index contributed by atoms with van der Waals surface area (Å²) in [6, 6.07) is 5.17. The third-order valence-corrected chi connectivity index (χ3v) is 6.10. The van der Waals surface area contributed by atoms with Gasteiger partial charge >= 0.3 is 0 Å². The Morgan fingerprint density at radius 2 is 2.04 bits per heavy atom. The number of aromatic nitrogens is 2. The SMILES string of the molecule is CC(C(=O)N1CCC(c2cc3ncccc3cn2)CC1)N1C(=O)CSC1=O. The summed E-state index contributed by atoms with van der Waals surface area (Å²) in [6.07, 6.45) is 5.23. The Morgan fingerprint density at radius 1 is 1.26 bits per heavy atom. The molecule has 4 heterocycles. The van der Waals surface area contributed by atoms with Crippen LogP contribution < -0.4 is 0 Å². The van der Waals surface area contributed by atoms with E-state index >= 15 is 0 Å². The minimum Gasteiger partial charge on any atom is -0.341 e. The Hall–Kier alpha value is -2.48. The highest BCUT2D eigenvalue weighted by Gasteiger charge is 2.39. The maximum atomic E-state index is 12.7. The molecule has 0 radical (unpaired) electrons. The lowest BCUT2D eigenvalue weighted by Gasteiger charge is -2.34. The molecule has 0 aliphatic carbocycles. The Kier molecular flexibility index (Phi) is 4.82. The van der Waals surface area contributed by atoms with Crippen molar-refractivity contribution >= 4 is 39.7 Å². The highest BCUT2D eigenvalue weighted by Crippen LogP contribution is 2.29. The number of rotatable bonds is 3. The van der Waals surface area contributed by atoms with E-state index in [1.54, 1.807) is 18.0 Å². The van der Waals surface area contributed by atoms with Gasteiger partial charge < -0.3 is 4.90 Å². The zero-order chi connectivity index (χ0) is 19.0. The number of pyridine rings is 2. The first-order valence-corrected chi connectivity index (χ1v) is 10.0. The number of hydrogen-bond donors (Lipinski definition) is 0. The van der Waals surface area contributed by atoms with Crippen LogP contribution in [0.25, 0.3) is 10.9 Å². The number of amides is 3. The van der Waals surface area contributed by atoms with E-state index in [0.29, 0.717) is 13.1 Å². The molecule has 2 aromatic heterocycles. The van der Waals surface area contributed by atoms with Gasteiger partial charge in [0.1, 0.15) is 6.04 Å². The van der Waals surface area contributed by atoms with Crippen LogP contribution in [0.2, 0.25) is 0 Å². The van der Waals surface area contributed by atoms with Crippen molar-refractivity contribution in [1.82, 2.24) is 19.8 Å². The van der Waals surface area contributed by atoms with Crippen LogP contribution in [0.5, 0.6) is 0 Å². The Balaban J connectivity index is 1.41. The van der Waals surface area contributed by atoms with E-state index in [2.05, 4.69) is 9.97 Å². The molecule has 27 heavy (non-hydrogen) atoms. The smallest absolute Gasteiger partial charge is 0.289 e. The van der Waals surface area contributed by atoms with Crippen LogP contribution in [0, 0.1) is 0 Å². The van der Waals surface area contributed by atoms with E-state index in [-0.39, 0.29) is 28.7 Å². The van der Waals surface area contributed by atoms with Crippen LogP contribution in [-0.4, -0.2) is 61.7 Å². The molecule has 1 unspecified atom stereocenters. The van der Waals surface area contributed by atoms with Gasteiger partial charge in [0, 0.05) is 42.5 Å². The van der Waals surface area contributed by atoms with Gasteiger partial charge in [-0.25, -0.2) is 0 Å². The molecule has 0 N–H and O–H groups in total. The predicted octanol–water partition coefficient (Wildman–Crippen LogP) is 2.42. The van der Waals surface area contributed by atoms with E-state index in [4.69, 9.17) is 0 Å². The molecule has 0 aromatic carbocycles. The number of fused-ring (bicyclic) bond motifs is 1. The van der Waals surface area contributed by atoms with Crippen LogP contribution in [0.4, 0.5) is 4.79 Å². The fourth-order valence-electron chi connectivity index (χ4n) is 3.71. The van der Waals surface area contributed by atoms with Crippen LogP contribution in [0.3, 0.4) is 0 Å². The molecule has 0 saturated carbocycles. The lowest BCUT2D eigenvalue weighted by Crippen LogP contribution is -2.50. The summed E-state index contributed by atoms with van der Waals surface area (Å²) >= 11 is 0.957. The highest BCUT2D eigenvalue weighted by molar-refractivity contribution is 8.14. The fourth-order valence-corrected chi connectivity index (χ4v) is 4.50. The molecule has 3 amide bonds. The zero-order valence-electron chi connectivity index (χ0n) is 15.0. The molecule has 2 fully saturated rings. The van der Waals surface area contributed by atoms with Gasteiger partial charge in [-0.1, -0.05) is 11.8 Å². The molecule has 8 heteroatoms. The van der Waals surface area contributed by atoms with Gasteiger partial charge in [0.2, 0.25) is 11.8 Å². The van der Waals surface area contributed by atoms with Crippen molar-refractivity contribution in [3.05, 3.63) is 36.3 Å². The molecular weight excluding hydrogens is 364 g/mol.